The molecule has 1 rings (SSSR count). The van der Waals surface area contributed by atoms with Gasteiger partial charge in [0.25, 0.3) is 0 Å². The second-order valence-corrected chi connectivity index (χ2v) is 3.80. The van der Waals surface area contributed by atoms with E-state index in [0.717, 1.165) is 18.2 Å². The molecular weight excluding hydrogens is 296 g/mol. The number of carbonyl (C=O) groups is 1. The zero-order valence-electron chi connectivity index (χ0n) is 7.55. The molecule has 1 aromatic rings. The van der Waals surface area contributed by atoms with Gasteiger partial charge in [-0.3, -0.25) is 0 Å². The maximum absolute atomic E-state index is 13.7. The van der Waals surface area contributed by atoms with Crippen LogP contribution in [0, 0.1) is 0 Å². The van der Waals surface area contributed by atoms with E-state index in [1.807, 2.05) is 0 Å². The van der Waals surface area contributed by atoms with Crippen LogP contribution in [-0.4, -0.2) is 17.3 Å². The second-order valence-electron chi connectivity index (χ2n) is 2.94. The highest BCUT2D eigenvalue weighted by atomic mass is 79.9. The number of carboxylic acid groups (broad SMARTS) is 1. The molecule has 1 unspecified atom stereocenters. The minimum Gasteiger partial charge on any atom is -0.478 e. The first-order valence-corrected chi connectivity index (χ1v) is 4.74. The van der Waals surface area contributed by atoms with Gasteiger partial charge in [-0.25, -0.2) is 9.18 Å². The maximum Gasteiger partial charge on any atom is 0.437 e. The van der Waals surface area contributed by atoms with Gasteiger partial charge in [0, 0.05) is 10.0 Å². The smallest absolute Gasteiger partial charge is 0.437 e. The molecular formula is C9H5BrF4O2. The van der Waals surface area contributed by atoms with Gasteiger partial charge in [-0.05, 0) is 6.07 Å². The summed E-state index contributed by atoms with van der Waals surface area (Å²) in [7, 11) is 0. The molecule has 0 radical (unpaired) electrons. The van der Waals surface area contributed by atoms with E-state index >= 15 is 0 Å². The molecule has 0 aromatic heterocycles. The fourth-order valence-corrected chi connectivity index (χ4v) is 1.69. The molecule has 0 heterocycles. The summed E-state index contributed by atoms with van der Waals surface area (Å²) in [6.07, 6.45) is -5.53. The molecule has 0 amide bonds. The van der Waals surface area contributed by atoms with Gasteiger partial charge in [-0.15, -0.1) is 0 Å². The average molecular weight is 301 g/mol. The third-order valence-electron chi connectivity index (χ3n) is 1.93. The van der Waals surface area contributed by atoms with Crippen LogP contribution in [0.1, 0.15) is 5.56 Å². The first-order valence-electron chi connectivity index (χ1n) is 3.95. The Morgan fingerprint density at radius 3 is 2.06 bits per heavy atom. The Kier molecular flexibility index (Phi) is 3.27. The van der Waals surface area contributed by atoms with Crippen LogP contribution in [-0.2, 0) is 10.5 Å². The molecule has 1 N–H and O–H groups in total. The first-order chi connectivity index (χ1) is 7.21. The summed E-state index contributed by atoms with van der Waals surface area (Å²) in [4.78, 5) is 10.5. The number of halogens is 5. The summed E-state index contributed by atoms with van der Waals surface area (Å²) >= 11 is 2.69. The summed E-state index contributed by atoms with van der Waals surface area (Å²) < 4.78 is 50.7. The van der Waals surface area contributed by atoms with E-state index in [9.17, 15) is 22.4 Å². The zero-order chi connectivity index (χ0) is 12.6. The summed E-state index contributed by atoms with van der Waals surface area (Å²) in [6, 6.07) is 4.39. The van der Waals surface area contributed by atoms with Crippen LogP contribution in [0.4, 0.5) is 17.6 Å². The highest BCUT2D eigenvalue weighted by Crippen LogP contribution is 2.45. The predicted molar refractivity (Wildman–Crippen MR) is 50.6 cm³/mol. The Bertz CT molecular complexity index is 418. The minimum absolute atomic E-state index is 0.253. The molecule has 0 aliphatic rings. The molecule has 0 aliphatic heterocycles. The third kappa shape index (κ3) is 1.91. The normalized spacial score (nSPS) is 15.6. The van der Waals surface area contributed by atoms with Crippen molar-refractivity contribution in [2.75, 3.05) is 0 Å². The van der Waals surface area contributed by atoms with E-state index in [2.05, 4.69) is 15.9 Å². The van der Waals surface area contributed by atoms with Crippen molar-refractivity contribution in [3.8, 4) is 0 Å². The van der Waals surface area contributed by atoms with E-state index < -0.39 is 23.4 Å². The second kappa shape index (κ2) is 4.04. The molecule has 0 aliphatic carbocycles. The van der Waals surface area contributed by atoms with Crippen LogP contribution in [0.15, 0.2) is 28.7 Å². The molecule has 0 saturated heterocycles. The molecule has 0 saturated carbocycles. The number of hydrogen-bond donors (Lipinski definition) is 1. The maximum atomic E-state index is 13.7. The zero-order valence-corrected chi connectivity index (χ0v) is 9.14. The van der Waals surface area contributed by atoms with E-state index in [0.29, 0.717) is 0 Å². The minimum atomic E-state index is -5.53. The van der Waals surface area contributed by atoms with E-state index in [1.165, 1.54) is 6.07 Å². The van der Waals surface area contributed by atoms with E-state index in [1.54, 1.807) is 0 Å². The fraction of sp³-hybridized carbons (Fsp3) is 0.222. The van der Waals surface area contributed by atoms with Gasteiger partial charge in [0.1, 0.15) is 0 Å². The van der Waals surface area contributed by atoms with Crippen LogP contribution >= 0.6 is 15.9 Å². The lowest BCUT2D eigenvalue weighted by Gasteiger charge is -2.24. The lowest BCUT2D eigenvalue weighted by atomic mass is 9.95. The van der Waals surface area contributed by atoms with Crippen molar-refractivity contribution >= 4 is 21.9 Å². The van der Waals surface area contributed by atoms with Crippen LogP contribution in [0.5, 0.6) is 0 Å². The molecule has 7 heteroatoms. The lowest BCUT2D eigenvalue weighted by molar-refractivity contribution is -0.240. The molecule has 1 atom stereocenters. The predicted octanol–water partition coefficient (Wildman–Crippen LogP) is 3.26. The van der Waals surface area contributed by atoms with Gasteiger partial charge in [0.15, 0.2) is 0 Å². The number of carboxylic acids is 1. The molecule has 16 heavy (non-hydrogen) atoms. The van der Waals surface area contributed by atoms with Crippen molar-refractivity contribution in [3.05, 3.63) is 34.3 Å². The number of aliphatic carboxylic acids is 1. The Balaban J connectivity index is 3.46. The standard InChI is InChI=1S/C9H5BrF4O2/c10-6-4-2-1-3-5(6)8(11,7(15)16)9(12,13)14/h1-4H,(H,15,16). The van der Waals surface area contributed by atoms with Crippen LogP contribution < -0.4 is 0 Å². The largest absolute Gasteiger partial charge is 0.478 e. The lowest BCUT2D eigenvalue weighted by Crippen LogP contribution is -2.45. The monoisotopic (exact) mass is 300 g/mol. The molecule has 1 aromatic carbocycles. The summed E-state index contributed by atoms with van der Waals surface area (Å²) in [5.74, 6) is -2.59. The Morgan fingerprint density at radius 2 is 1.69 bits per heavy atom. The number of alkyl halides is 4. The molecule has 0 bridgehead atoms. The number of hydrogen-bond acceptors (Lipinski definition) is 1. The Hall–Kier alpha value is -1.11. The SMILES string of the molecule is O=C(O)C(F)(c1ccccc1Br)C(F)(F)F. The van der Waals surface area contributed by atoms with Gasteiger partial charge >= 0.3 is 17.8 Å². The molecule has 0 spiro atoms. The van der Waals surface area contributed by atoms with Crippen molar-refractivity contribution in [1.82, 2.24) is 0 Å². The highest BCUT2D eigenvalue weighted by molar-refractivity contribution is 9.10. The molecule has 2 nitrogen and oxygen atoms in total. The first kappa shape index (κ1) is 13.0. The third-order valence-corrected chi connectivity index (χ3v) is 2.62. The van der Waals surface area contributed by atoms with Gasteiger partial charge < -0.3 is 5.11 Å². The molecule has 0 fully saturated rings. The summed E-state index contributed by atoms with van der Waals surface area (Å²) in [6.45, 7) is 0. The highest BCUT2D eigenvalue weighted by Gasteiger charge is 2.64. The van der Waals surface area contributed by atoms with Crippen molar-refractivity contribution in [2.24, 2.45) is 0 Å². The van der Waals surface area contributed by atoms with Crippen LogP contribution in [0.3, 0.4) is 0 Å². The molecule has 88 valence electrons. The van der Waals surface area contributed by atoms with Crippen LogP contribution in [0.25, 0.3) is 0 Å². The van der Waals surface area contributed by atoms with Crippen molar-refractivity contribution in [1.29, 1.82) is 0 Å². The summed E-state index contributed by atoms with van der Waals surface area (Å²) in [5, 5.41) is 8.43. The number of benzene rings is 1. The van der Waals surface area contributed by atoms with Crippen LogP contribution in [0.2, 0.25) is 0 Å². The van der Waals surface area contributed by atoms with Crippen molar-refractivity contribution < 1.29 is 27.5 Å². The topological polar surface area (TPSA) is 37.3 Å². The summed E-state index contributed by atoms with van der Waals surface area (Å²) in [5.41, 5.74) is -5.39. The van der Waals surface area contributed by atoms with Gasteiger partial charge in [0.05, 0.1) is 0 Å². The van der Waals surface area contributed by atoms with Crippen molar-refractivity contribution in [3.63, 3.8) is 0 Å². The number of rotatable bonds is 2. The van der Waals surface area contributed by atoms with Crippen molar-refractivity contribution in [2.45, 2.75) is 11.8 Å². The van der Waals surface area contributed by atoms with Gasteiger partial charge in [0.2, 0.25) is 0 Å². The van der Waals surface area contributed by atoms with Gasteiger partial charge in [-0.1, -0.05) is 34.1 Å². The fourth-order valence-electron chi connectivity index (χ4n) is 1.13. The quantitative estimate of drug-likeness (QED) is 0.851. The van der Waals surface area contributed by atoms with Gasteiger partial charge in [-0.2, -0.15) is 13.2 Å². The Morgan fingerprint density at radius 1 is 1.19 bits per heavy atom. The van der Waals surface area contributed by atoms with E-state index in [-0.39, 0.29) is 4.47 Å². The van der Waals surface area contributed by atoms with E-state index in [4.69, 9.17) is 5.11 Å². The average Bonchev–Trinajstić information content (AvgIpc) is 2.15. The Labute approximate surface area is 96.0 Å².